The van der Waals surface area contributed by atoms with Crippen molar-refractivity contribution in [2.75, 3.05) is 10.6 Å². The van der Waals surface area contributed by atoms with Crippen molar-refractivity contribution < 1.29 is 14.4 Å². The van der Waals surface area contributed by atoms with Crippen molar-refractivity contribution in [1.29, 1.82) is 0 Å². The number of para-hydroxylation sites is 2. The smallest absolute Gasteiger partial charge is 0.272 e. The summed E-state index contributed by atoms with van der Waals surface area (Å²) in [6.07, 6.45) is 4.09. The lowest BCUT2D eigenvalue weighted by Gasteiger charge is -2.16. The Kier molecular flexibility index (Phi) is 9.16. The van der Waals surface area contributed by atoms with E-state index < -0.39 is 11.8 Å². The first-order valence-corrected chi connectivity index (χ1v) is 14.5. The molecule has 0 aliphatic heterocycles. The van der Waals surface area contributed by atoms with Crippen LogP contribution in [0.4, 0.5) is 11.4 Å². The molecular weight excluding hydrogens is 544 g/mol. The van der Waals surface area contributed by atoms with Crippen molar-refractivity contribution in [1.82, 2.24) is 10.3 Å². The third-order valence-electron chi connectivity index (χ3n) is 6.52. The molecule has 0 saturated carbocycles. The zero-order valence-corrected chi connectivity index (χ0v) is 23.8. The van der Waals surface area contributed by atoms with Crippen molar-refractivity contribution in [3.63, 3.8) is 0 Å². The van der Waals surface area contributed by atoms with Gasteiger partial charge >= 0.3 is 0 Å². The van der Waals surface area contributed by atoms with Gasteiger partial charge in [-0.3, -0.25) is 14.4 Å². The van der Waals surface area contributed by atoms with Crippen LogP contribution in [0.3, 0.4) is 0 Å². The van der Waals surface area contributed by atoms with Crippen molar-refractivity contribution >= 4 is 57.8 Å². The fourth-order valence-corrected chi connectivity index (χ4v) is 5.40. The number of H-pyrrole nitrogens is 1. The van der Waals surface area contributed by atoms with E-state index >= 15 is 0 Å². The molecule has 5 rings (SSSR count). The predicted molar refractivity (Wildman–Crippen MR) is 170 cm³/mol. The third kappa shape index (κ3) is 7.16. The molecule has 0 aliphatic rings. The van der Waals surface area contributed by atoms with Gasteiger partial charge in [-0.15, -0.1) is 11.8 Å². The number of aromatic amines is 1. The monoisotopic (exact) mass is 574 g/mol. The van der Waals surface area contributed by atoms with Gasteiger partial charge in [-0.05, 0) is 61.0 Å². The van der Waals surface area contributed by atoms with Crippen LogP contribution in [0.1, 0.15) is 29.3 Å². The van der Waals surface area contributed by atoms with Gasteiger partial charge in [0.05, 0.1) is 5.25 Å². The summed E-state index contributed by atoms with van der Waals surface area (Å²) in [5, 5.41) is 9.27. The zero-order chi connectivity index (χ0) is 29.3. The first-order valence-electron chi connectivity index (χ1n) is 13.6. The molecule has 5 aromatic rings. The summed E-state index contributed by atoms with van der Waals surface area (Å²) in [6, 6.07) is 33.2. The Morgan fingerprint density at radius 2 is 1.50 bits per heavy atom. The van der Waals surface area contributed by atoms with E-state index in [9.17, 15) is 14.4 Å². The van der Waals surface area contributed by atoms with Crippen molar-refractivity contribution in [2.24, 2.45) is 0 Å². The summed E-state index contributed by atoms with van der Waals surface area (Å²) < 4.78 is 0. The van der Waals surface area contributed by atoms with Gasteiger partial charge in [-0.25, -0.2) is 0 Å². The van der Waals surface area contributed by atoms with Gasteiger partial charge in [0.2, 0.25) is 5.91 Å². The molecule has 0 aliphatic carbocycles. The van der Waals surface area contributed by atoms with Crippen LogP contribution in [-0.4, -0.2) is 28.0 Å². The summed E-state index contributed by atoms with van der Waals surface area (Å²) in [5.41, 5.74) is 3.51. The van der Waals surface area contributed by atoms with Gasteiger partial charge in [0.25, 0.3) is 11.8 Å². The lowest BCUT2D eigenvalue weighted by atomic mass is 10.1. The standard InChI is InChI=1S/C34H30N4O3S/c1-2-31(34(41)36-25-14-7-4-8-15-25)42-27-17-11-16-26(21-27)37-33(40)30(38-32(39)23-12-5-3-6-13-23)20-24-22-35-29-19-10-9-18-28(24)29/h3-22,31,35H,2H2,1H3,(H,36,41)(H,37,40)(H,38,39)/b30-20-. The summed E-state index contributed by atoms with van der Waals surface area (Å²) in [5.74, 6) is -0.951. The minimum atomic E-state index is -0.472. The highest BCUT2D eigenvalue weighted by molar-refractivity contribution is 8.00. The fraction of sp³-hybridized carbons (Fsp3) is 0.0882. The van der Waals surface area contributed by atoms with Crippen molar-refractivity contribution in [3.05, 3.63) is 132 Å². The van der Waals surface area contributed by atoms with E-state index in [2.05, 4.69) is 20.9 Å². The SMILES string of the molecule is CCC(Sc1cccc(NC(=O)/C(=C/c2c[nH]c3ccccc23)NC(=O)c2ccccc2)c1)C(=O)Nc1ccccc1. The number of carbonyl (C=O) groups excluding carboxylic acids is 3. The average molecular weight is 575 g/mol. The maximum Gasteiger partial charge on any atom is 0.272 e. The van der Waals surface area contributed by atoms with E-state index in [0.29, 0.717) is 17.7 Å². The van der Waals surface area contributed by atoms with E-state index in [1.54, 1.807) is 42.6 Å². The number of hydrogen-bond donors (Lipinski definition) is 4. The van der Waals surface area contributed by atoms with E-state index in [0.717, 1.165) is 27.0 Å². The highest BCUT2D eigenvalue weighted by Gasteiger charge is 2.19. The Balaban J connectivity index is 1.35. The number of amides is 3. The number of benzene rings is 4. The Morgan fingerprint density at radius 3 is 2.26 bits per heavy atom. The van der Waals surface area contributed by atoms with Crippen LogP contribution in [0.15, 0.2) is 126 Å². The highest BCUT2D eigenvalue weighted by atomic mass is 32.2. The van der Waals surface area contributed by atoms with Gasteiger partial charge in [0.15, 0.2) is 0 Å². The molecular formula is C34H30N4O3S. The van der Waals surface area contributed by atoms with Crippen LogP contribution in [0.5, 0.6) is 0 Å². The maximum atomic E-state index is 13.6. The molecule has 7 nitrogen and oxygen atoms in total. The van der Waals surface area contributed by atoms with E-state index in [-0.39, 0.29) is 16.9 Å². The first kappa shape index (κ1) is 28.4. The van der Waals surface area contributed by atoms with Crippen LogP contribution in [0.25, 0.3) is 17.0 Å². The van der Waals surface area contributed by atoms with Crippen molar-refractivity contribution in [2.45, 2.75) is 23.5 Å². The molecule has 4 aromatic carbocycles. The minimum Gasteiger partial charge on any atom is -0.361 e. The van der Waals surface area contributed by atoms with E-state index in [1.807, 2.05) is 85.8 Å². The normalized spacial score (nSPS) is 12.0. The molecule has 210 valence electrons. The van der Waals surface area contributed by atoms with Crippen LogP contribution >= 0.6 is 11.8 Å². The van der Waals surface area contributed by atoms with Gasteiger partial charge in [0.1, 0.15) is 5.70 Å². The molecule has 0 bridgehead atoms. The number of thioether (sulfide) groups is 1. The molecule has 0 saturated heterocycles. The second-order valence-electron chi connectivity index (χ2n) is 9.52. The van der Waals surface area contributed by atoms with Gasteiger partial charge in [0, 0.05) is 44.5 Å². The van der Waals surface area contributed by atoms with Gasteiger partial charge < -0.3 is 20.9 Å². The topological polar surface area (TPSA) is 103 Å². The first-order chi connectivity index (χ1) is 20.5. The minimum absolute atomic E-state index is 0.0873. The Morgan fingerprint density at radius 1 is 0.810 bits per heavy atom. The van der Waals surface area contributed by atoms with E-state index in [1.165, 1.54) is 11.8 Å². The summed E-state index contributed by atoms with van der Waals surface area (Å²) in [6.45, 7) is 1.96. The van der Waals surface area contributed by atoms with Crippen molar-refractivity contribution in [3.8, 4) is 0 Å². The second-order valence-corrected chi connectivity index (χ2v) is 10.8. The van der Waals surface area contributed by atoms with Crippen LogP contribution < -0.4 is 16.0 Å². The number of hydrogen-bond acceptors (Lipinski definition) is 4. The molecule has 42 heavy (non-hydrogen) atoms. The lowest BCUT2D eigenvalue weighted by molar-refractivity contribution is -0.116. The molecule has 0 fully saturated rings. The second kappa shape index (κ2) is 13.5. The van der Waals surface area contributed by atoms with Crippen LogP contribution in [0, 0.1) is 0 Å². The Bertz CT molecular complexity index is 1730. The number of aromatic nitrogens is 1. The molecule has 1 heterocycles. The van der Waals surface area contributed by atoms with Gasteiger partial charge in [-0.1, -0.05) is 67.6 Å². The third-order valence-corrected chi connectivity index (χ3v) is 7.88. The molecule has 8 heteroatoms. The largest absolute Gasteiger partial charge is 0.361 e. The van der Waals surface area contributed by atoms with Gasteiger partial charge in [-0.2, -0.15) is 0 Å². The number of carbonyl (C=O) groups is 3. The maximum absolute atomic E-state index is 13.6. The number of fused-ring (bicyclic) bond motifs is 1. The average Bonchev–Trinajstić information content (AvgIpc) is 3.43. The number of nitrogens with one attached hydrogen (secondary N) is 4. The quantitative estimate of drug-likeness (QED) is 0.106. The summed E-state index contributed by atoms with van der Waals surface area (Å²) >= 11 is 1.43. The number of anilines is 2. The highest BCUT2D eigenvalue weighted by Crippen LogP contribution is 2.29. The fourth-order valence-electron chi connectivity index (χ4n) is 4.39. The Labute approximate surface area is 248 Å². The zero-order valence-electron chi connectivity index (χ0n) is 23.0. The summed E-state index contributed by atoms with van der Waals surface area (Å²) in [7, 11) is 0. The molecule has 4 N–H and O–H groups in total. The van der Waals surface area contributed by atoms with Crippen LogP contribution in [-0.2, 0) is 9.59 Å². The molecule has 1 unspecified atom stereocenters. The molecule has 0 spiro atoms. The summed E-state index contributed by atoms with van der Waals surface area (Å²) in [4.78, 5) is 43.5. The Hall–Kier alpha value is -5.08. The lowest BCUT2D eigenvalue weighted by Crippen LogP contribution is -2.30. The molecule has 3 amide bonds. The predicted octanol–water partition coefficient (Wildman–Crippen LogP) is 7.09. The molecule has 1 atom stereocenters. The van der Waals surface area contributed by atoms with Crippen LogP contribution in [0.2, 0.25) is 0 Å². The molecule has 1 aromatic heterocycles. The number of rotatable bonds is 10. The molecule has 0 radical (unpaired) electrons. The van der Waals surface area contributed by atoms with E-state index in [4.69, 9.17) is 0 Å².